The standard InChI is InChI=1S/C25H35Cl2N5O5S/c1-4-21(38(33,34)30-8-10-36-12-14-37-13-11-35-9-7-29-31-28)6-5-19(2)23-17-32(3)18-24-22(23)15-20(26)16-25(24)27/h4-6,15-16,23,30H,2,7-14,17-18H2,1,3H3/b6-5-,21-4+/t23-/m1/s1. The second kappa shape index (κ2) is 16.9. The molecule has 0 saturated carbocycles. The summed E-state index contributed by atoms with van der Waals surface area (Å²) in [5.74, 6) is -0.0649. The van der Waals surface area contributed by atoms with Crippen molar-refractivity contribution in [3.8, 4) is 0 Å². The number of benzene rings is 1. The van der Waals surface area contributed by atoms with E-state index in [1.54, 1.807) is 25.1 Å². The number of likely N-dealkylation sites (N-methyl/N-ethyl adjacent to an activating group) is 1. The van der Waals surface area contributed by atoms with Gasteiger partial charge in [-0.1, -0.05) is 47.0 Å². The van der Waals surface area contributed by atoms with Crippen LogP contribution in [0.3, 0.4) is 0 Å². The predicted octanol–water partition coefficient (Wildman–Crippen LogP) is 4.82. The summed E-state index contributed by atoms with van der Waals surface area (Å²) in [6, 6.07) is 3.64. The Hall–Kier alpha value is -1.92. The fourth-order valence-electron chi connectivity index (χ4n) is 3.83. The average Bonchev–Trinajstić information content (AvgIpc) is 2.87. The lowest BCUT2D eigenvalue weighted by molar-refractivity contribution is 0.0171. The molecule has 0 bridgehead atoms. The molecular formula is C25H35Cl2N5O5S. The molecule has 0 amide bonds. The maximum absolute atomic E-state index is 12.8. The fraction of sp³-hybridized carbons (Fsp3) is 0.520. The molecule has 1 N–H and O–H groups in total. The van der Waals surface area contributed by atoms with Crippen LogP contribution in [0.4, 0.5) is 0 Å². The number of rotatable bonds is 17. The van der Waals surface area contributed by atoms with Gasteiger partial charge >= 0.3 is 0 Å². The number of nitrogens with zero attached hydrogens (tertiary/aromatic N) is 4. The number of ether oxygens (including phenoxy) is 3. The Bertz CT molecular complexity index is 1150. The van der Waals surface area contributed by atoms with Gasteiger partial charge in [0.25, 0.3) is 0 Å². The smallest absolute Gasteiger partial charge is 0.240 e. The first-order valence-corrected chi connectivity index (χ1v) is 14.4. The van der Waals surface area contributed by atoms with Crippen LogP contribution >= 0.6 is 23.2 Å². The topological polar surface area (TPSA) is 126 Å². The minimum absolute atomic E-state index is 0.0649. The lowest BCUT2D eigenvalue weighted by Gasteiger charge is -2.33. The highest BCUT2D eigenvalue weighted by Crippen LogP contribution is 2.38. The van der Waals surface area contributed by atoms with Gasteiger partial charge < -0.3 is 19.1 Å². The zero-order valence-electron chi connectivity index (χ0n) is 21.7. The third-order valence-electron chi connectivity index (χ3n) is 5.68. The van der Waals surface area contributed by atoms with Gasteiger partial charge in [0.1, 0.15) is 0 Å². The molecule has 0 saturated heterocycles. The monoisotopic (exact) mass is 587 g/mol. The van der Waals surface area contributed by atoms with Gasteiger partial charge in [0.05, 0.1) is 44.5 Å². The number of fused-ring (bicyclic) bond motifs is 1. The van der Waals surface area contributed by atoms with Gasteiger partial charge in [-0.05, 0) is 54.4 Å². The molecular weight excluding hydrogens is 553 g/mol. The molecule has 0 spiro atoms. The first kappa shape index (κ1) is 32.3. The summed E-state index contributed by atoms with van der Waals surface area (Å²) in [6.07, 6.45) is 4.81. The fourth-order valence-corrected chi connectivity index (χ4v) is 5.48. The van der Waals surface area contributed by atoms with Crippen LogP contribution in [0, 0.1) is 0 Å². The largest absolute Gasteiger partial charge is 0.379 e. The van der Waals surface area contributed by atoms with Gasteiger partial charge in [0, 0.05) is 47.1 Å². The molecule has 10 nitrogen and oxygen atoms in total. The first-order chi connectivity index (χ1) is 18.2. The molecule has 13 heteroatoms. The molecule has 0 unspecified atom stereocenters. The molecule has 1 atom stereocenters. The first-order valence-electron chi connectivity index (χ1n) is 12.1. The molecule has 0 fully saturated rings. The van der Waals surface area contributed by atoms with Gasteiger partial charge in [-0.25, -0.2) is 13.1 Å². The van der Waals surface area contributed by atoms with Gasteiger partial charge in [-0.15, -0.1) is 0 Å². The molecule has 1 aliphatic rings. The third kappa shape index (κ3) is 10.7. The maximum Gasteiger partial charge on any atom is 0.240 e. The van der Waals surface area contributed by atoms with Crippen molar-refractivity contribution in [2.45, 2.75) is 19.4 Å². The van der Waals surface area contributed by atoms with Crippen molar-refractivity contribution in [1.82, 2.24) is 9.62 Å². The van der Waals surface area contributed by atoms with Gasteiger partial charge in [0.2, 0.25) is 10.0 Å². The van der Waals surface area contributed by atoms with E-state index in [4.69, 9.17) is 42.9 Å². The lowest BCUT2D eigenvalue weighted by atomic mass is 9.85. The molecule has 0 aliphatic carbocycles. The zero-order chi connectivity index (χ0) is 28.0. The van der Waals surface area contributed by atoms with Crippen LogP contribution < -0.4 is 4.72 Å². The van der Waals surface area contributed by atoms with Crippen molar-refractivity contribution in [3.63, 3.8) is 0 Å². The van der Waals surface area contributed by atoms with E-state index in [1.165, 1.54) is 6.08 Å². The summed E-state index contributed by atoms with van der Waals surface area (Å²) in [7, 11) is -1.72. The molecule has 1 heterocycles. The van der Waals surface area contributed by atoms with Crippen molar-refractivity contribution < 1.29 is 22.6 Å². The number of azide groups is 1. The molecule has 38 heavy (non-hydrogen) atoms. The molecule has 210 valence electrons. The Labute approximate surface area is 234 Å². The van der Waals surface area contributed by atoms with Crippen molar-refractivity contribution >= 4 is 33.2 Å². The molecule has 0 radical (unpaired) electrons. The number of hydrogen-bond donors (Lipinski definition) is 1. The van der Waals surface area contributed by atoms with E-state index in [0.29, 0.717) is 56.2 Å². The van der Waals surface area contributed by atoms with Crippen LogP contribution in [0.25, 0.3) is 10.4 Å². The van der Waals surface area contributed by atoms with E-state index in [1.807, 2.05) is 13.1 Å². The normalized spacial score (nSPS) is 16.4. The minimum Gasteiger partial charge on any atom is -0.379 e. The summed E-state index contributed by atoms with van der Waals surface area (Å²) in [5, 5.41) is 4.53. The van der Waals surface area contributed by atoms with E-state index in [-0.39, 0.29) is 30.5 Å². The van der Waals surface area contributed by atoms with E-state index >= 15 is 0 Å². The molecule has 1 aliphatic heterocycles. The van der Waals surface area contributed by atoms with Crippen LogP contribution in [0.15, 0.2) is 52.5 Å². The van der Waals surface area contributed by atoms with Crippen molar-refractivity contribution in [1.29, 1.82) is 0 Å². The van der Waals surface area contributed by atoms with Gasteiger partial charge in [-0.3, -0.25) is 0 Å². The second-order valence-corrected chi connectivity index (χ2v) is 11.1. The number of allylic oxidation sites excluding steroid dienone is 3. The highest BCUT2D eigenvalue weighted by molar-refractivity contribution is 7.93. The maximum atomic E-state index is 12.8. The second-order valence-electron chi connectivity index (χ2n) is 8.49. The summed E-state index contributed by atoms with van der Waals surface area (Å²) < 4.78 is 44.1. The molecule has 1 aromatic carbocycles. The summed E-state index contributed by atoms with van der Waals surface area (Å²) in [6.45, 7) is 9.69. The van der Waals surface area contributed by atoms with Crippen LogP contribution in [0.1, 0.15) is 24.0 Å². The van der Waals surface area contributed by atoms with Crippen molar-refractivity contribution in [3.05, 3.63) is 79.0 Å². The highest BCUT2D eigenvalue weighted by Gasteiger charge is 2.27. The predicted molar refractivity (Wildman–Crippen MR) is 151 cm³/mol. The van der Waals surface area contributed by atoms with Gasteiger partial charge in [0.15, 0.2) is 0 Å². The van der Waals surface area contributed by atoms with E-state index in [2.05, 4.69) is 26.2 Å². The number of sulfonamides is 1. The SMILES string of the molecule is C=C(/C=C\C(=C/C)S(=O)(=O)NCCOCCOCCOCCN=[N+]=[N-])[C@H]1CN(C)Cc2c(Cl)cc(Cl)cc21. The third-order valence-corrected chi connectivity index (χ3v) is 7.81. The highest BCUT2D eigenvalue weighted by atomic mass is 35.5. The Morgan fingerprint density at radius 2 is 1.84 bits per heavy atom. The number of halogens is 2. The van der Waals surface area contributed by atoms with Gasteiger partial charge in [-0.2, -0.15) is 0 Å². The van der Waals surface area contributed by atoms with E-state index < -0.39 is 10.0 Å². The Kier molecular flexibility index (Phi) is 14.4. The van der Waals surface area contributed by atoms with Crippen molar-refractivity contribution in [2.75, 3.05) is 66.3 Å². The van der Waals surface area contributed by atoms with E-state index in [9.17, 15) is 8.42 Å². The van der Waals surface area contributed by atoms with Crippen LogP contribution in [-0.4, -0.2) is 79.6 Å². The Morgan fingerprint density at radius 1 is 1.18 bits per heavy atom. The molecule has 2 rings (SSSR count). The van der Waals surface area contributed by atoms with E-state index in [0.717, 1.165) is 16.7 Å². The zero-order valence-corrected chi connectivity index (χ0v) is 24.1. The van der Waals surface area contributed by atoms with Crippen LogP contribution in [0.5, 0.6) is 0 Å². The molecule has 0 aromatic heterocycles. The van der Waals surface area contributed by atoms with Crippen molar-refractivity contribution in [2.24, 2.45) is 5.11 Å². The quantitative estimate of drug-likeness (QED) is 0.0915. The Morgan fingerprint density at radius 3 is 2.50 bits per heavy atom. The minimum atomic E-state index is -3.73. The number of hydrogen-bond acceptors (Lipinski definition) is 7. The van der Waals surface area contributed by atoms with Crippen LogP contribution in [-0.2, 0) is 30.8 Å². The molecule has 1 aromatic rings. The summed E-state index contributed by atoms with van der Waals surface area (Å²) >= 11 is 12.7. The Balaban J connectivity index is 1.78. The average molecular weight is 589 g/mol. The number of nitrogens with one attached hydrogen (secondary N) is 1. The van der Waals surface area contributed by atoms with Crippen LogP contribution in [0.2, 0.25) is 10.0 Å². The summed E-state index contributed by atoms with van der Waals surface area (Å²) in [5.41, 5.74) is 10.9. The lowest BCUT2D eigenvalue weighted by Crippen LogP contribution is -2.31. The summed E-state index contributed by atoms with van der Waals surface area (Å²) in [4.78, 5) is 4.91.